The van der Waals surface area contributed by atoms with E-state index in [0.717, 1.165) is 0 Å². The Labute approximate surface area is 166 Å². The van der Waals surface area contributed by atoms with Crippen LogP contribution in [0.3, 0.4) is 0 Å². The van der Waals surface area contributed by atoms with Crippen molar-refractivity contribution in [2.24, 2.45) is 0 Å². The molecule has 2 aromatic carbocycles. The molecule has 1 aliphatic heterocycles. The minimum atomic E-state index is -0.668. The van der Waals surface area contributed by atoms with Gasteiger partial charge in [-0.3, -0.25) is 10.1 Å². The van der Waals surface area contributed by atoms with E-state index in [2.05, 4.69) is 4.74 Å². The van der Waals surface area contributed by atoms with E-state index in [1.54, 1.807) is 30.3 Å². The van der Waals surface area contributed by atoms with Gasteiger partial charge in [0.05, 0.1) is 36.4 Å². The monoisotopic (exact) mass is 400 g/mol. The van der Waals surface area contributed by atoms with Crippen molar-refractivity contribution in [2.45, 2.75) is 6.61 Å². The van der Waals surface area contributed by atoms with Crippen LogP contribution in [0.25, 0.3) is 0 Å². The third-order valence-electron chi connectivity index (χ3n) is 4.50. The molecule has 1 fully saturated rings. The summed E-state index contributed by atoms with van der Waals surface area (Å²) < 4.78 is 15.1. The molecule has 9 heteroatoms. The number of nitrogens with zero attached hydrogens (tertiary/aromatic N) is 2. The molecule has 0 saturated carbocycles. The van der Waals surface area contributed by atoms with Gasteiger partial charge in [0.1, 0.15) is 12.3 Å². The fourth-order valence-electron chi connectivity index (χ4n) is 2.96. The van der Waals surface area contributed by atoms with Crippen molar-refractivity contribution >= 4 is 23.3 Å². The van der Waals surface area contributed by atoms with Gasteiger partial charge in [-0.25, -0.2) is 9.59 Å². The SMILES string of the molecule is COC(=O)c1ccc(COC(=O)c2ccc(N3CCOCC3)c([N+](=O)[O-])c2)cc1. The number of nitro benzene ring substituents is 1. The lowest BCUT2D eigenvalue weighted by Gasteiger charge is -2.28. The van der Waals surface area contributed by atoms with E-state index in [1.807, 2.05) is 4.90 Å². The Hall–Kier alpha value is -3.46. The quantitative estimate of drug-likeness (QED) is 0.414. The zero-order valence-corrected chi connectivity index (χ0v) is 15.8. The fourth-order valence-corrected chi connectivity index (χ4v) is 2.96. The molecule has 0 N–H and O–H groups in total. The van der Waals surface area contributed by atoms with Gasteiger partial charge in [-0.1, -0.05) is 12.1 Å². The standard InChI is InChI=1S/C20H20N2O7/c1-27-19(23)15-4-2-14(3-5-15)13-29-20(24)16-6-7-17(18(12-16)22(25)26)21-8-10-28-11-9-21/h2-7,12H,8-11,13H2,1H3. The molecule has 1 aliphatic rings. The van der Waals surface area contributed by atoms with Crippen LogP contribution in [0.1, 0.15) is 26.3 Å². The molecule has 0 amide bonds. The van der Waals surface area contributed by atoms with Gasteiger partial charge in [0, 0.05) is 19.2 Å². The molecule has 0 aromatic heterocycles. The molecule has 9 nitrogen and oxygen atoms in total. The fraction of sp³-hybridized carbons (Fsp3) is 0.300. The lowest BCUT2D eigenvalue weighted by Crippen LogP contribution is -2.36. The van der Waals surface area contributed by atoms with Crippen LogP contribution in [-0.4, -0.2) is 50.3 Å². The van der Waals surface area contributed by atoms with Crippen LogP contribution in [0.2, 0.25) is 0 Å². The van der Waals surface area contributed by atoms with Crippen molar-refractivity contribution in [1.82, 2.24) is 0 Å². The number of anilines is 1. The van der Waals surface area contributed by atoms with E-state index in [9.17, 15) is 19.7 Å². The topological polar surface area (TPSA) is 108 Å². The normalized spacial score (nSPS) is 13.6. The number of rotatable bonds is 6. The second kappa shape index (κ2) is 9.16. The number of methoxy groups -OCH3 is 1. The molecule has 0 aliphatic carbocycles. The van der Waals surface area contributed by atoms with Crippen molar-refractivity contribution in [3.63, 3.8) is 0 Å². The summed E-state index contributed by atoms with van der Waals surface area (Å²) in [5.74, 6) is -1.13. The Morgan fingerprint density at radius 3 is 2.34 bits per heavy atom. The Balaban J connectivity index is 1.69. The lowest BCUT2D eigenvalue weighted by molar-refractivity contribution is -0.384. The number of carbonyl (C=O) groups is 2. The molecular formula is C20H20N2O7. The van der Waals surface area contributed by atoms with E-state index in [-0.39, 0.29) is 17.9 Å². The summed E-state index contributed by atoms with van der Waals surface area (Å²) in [6, 6.07) is 10.7. The molecule has 0 bridgehead atoms. The van der Waals surface area contributed by atoms with Gasteiger partial charge in [-0.05, 0) is 29.8 Å². The second-order valence-corrected chi connectivity index (χ2v) is 6.32. The van der Waals surface area contributed by atoms with Crippen LogP contribution in [0, 0.1) is 10.1 Å². The molecule has 1 heterocycles. The molecule has 0 radical (unpaired) electrons. The maximum absolute atomic E-state index is 12.3. The van der Waals surface area contributed by atoms with Crippen molar-refractivity contribution in [1.29, 1.82) is 0 Å². The average Bonchev–Trinajstić information content (AvgIpc) is 2.77. The Bertz CT molecular complexity index is 906. The summed E-state index contributed by atoms with van der Waals surface area (Å²) >= 11 is 0. The van der Waals surface area contributed by atoms with Crippen molar-refractivity contribution in [3.8, 4) is 0 Å². The molecule has 152 valence electrons. The highest BCUT2D eigenvalue weighted by molar-refractivity contribution is 5.91. The first-order chi connectivity index (χ1) is 14.0. The number of hydrogen-bond donors (Lipinski definition) is 0. The summed E-state index contributed by atoms with van der Waals surface area (Å²) in [6.07, 6.45) is 0. The first-order valence-electron chi connectivity index (χ1n) is 8.95. The minimum absolute atomic E-state index is 0.0285. The van der Waals surface area contributed by atoms with Crippen LogP contribution in [0.5, 0.6) is 0 Å². The first kappa shape index (κ1) is 20.3. The molecule has 0 atom stereocenters. The van der Waals surface area contributed by atoms with Crippen molar-refractivity contribution < 1.29 is 28.7 Å². The summed E-state index contributed by atoms with van der Waals surface area (Å²) in [4.78, 5) is 36.6. The molecule has 29 heavy (non-hydrogen) atoms. The highest BCUT2D eigenvalue weighted by Gasteiger charge is 2.23. The van der Waals surface area contributed by atoms with Crippen LogP contribution in [0.15, 0.2) is 42.5 Å². The van der Waals surface area contributed by atoms with E-state index < -0.39 is 16.9 Å². The molecule has 0 spiro atoms. The third-order valence-corrected chi connectivity index (χ3v) is 4.50. The molecule has 0 unspecified atom stereocenters. The maximum atomic E-state index is 12.3. The van der Waals surface area contributed by atoms with E-state index in [4.69, 9.17) is 9.47 Å². The molecule has 1 saturated heterocycles. The number of hydrogen-bond acceptors (Lipinski definition) is 8. The zero-order valence-electron chi connectivity index (χ0n) is 15.8. The molecule has 3 rings (SSSR count). The highest BCUT2D eigenvalue weighted by Crippen LogP contribution is 2.30. The largest absolute Gasteiger partial charge is 0.465 e. The zero-order chi connectivity index (χ0) is 20.8. The number of benzene rings is 2. The lowest BCUT2D eigenvalue weighted by atomic mass is 10.1. The first-order valence-corrected chi connectivity index (χ1v) is 8.95. The van der Waals surface area contributed by atoms with E-state index in [0.29, 0.717) is 43.1 Å². The van der Waals surface area contributed by atoms with Gasteiger partial charge in [-0.15, -0.1) is 0 Å². The van der Waals surface area contributed by atoms with E-state index >= 15 is 0 Å². The van der Waals surface area contributed by atoms with Gasteiger partial charge >= 0.3 is 11.9 Å². The Morgan fingerprint density at radius 1 is 1.07 bits per heavy atom. The minimum Gasteiger partial charge on any atom is -0.465 e. The highest BCUT2D eigenvalue weighted by atomic mass is 16.6. The van der Waals surface area contributed by atoms with Gasteiger partial charge in [0.15, 0.2) is 0 Å². The predicted molar refractivity (Wildman–Crippen MR) is 103 cm³/mol. The number of morpholine rings is 1. The van der Waals surface area contributed by atoms with Gasteiger partial charge in [0.2, 0.25) is 0 Å². The van der Waals surface area contributed by atoms with Crippen LogP contribution in [0.4, 0.5) is 11.4 Å². The van der Waals surface area contributed by atoms with Crippen LogP contribution < -0.4 is 4.90 Å². The molecular weight excluding hydrogens is 380 g/mol. The number of esters is 2. The van der Waals surface area contributed by atoms with Crippen LogP contribution >= 0.6 is 0 Å². The predicted octanol–water partition coefficient (Wildman–Crippen LogP) is 2.58. The summed E-state index contributed by atoms with van der Waals surface area (Å²) in [6.45, 7) is 2.06. The number of carbonyl (C=O) groups excluding carboxylic acids is 2. The summed E-state index contributed by atoms with van der Waals surface area (Å²) in [7, 11) is 1.29. The number of ether oxygens (including phenoxy) is 3. The average molecular weight is 400 g/mol. The Morgan fingerprint density at radius 2 is 1.72 bits per heavy atom. The maximum Gasteiger partial charge on any atom is 0.338 e. The smallest absolute Gasteiger partial charge is 0.338 e. The molecule has 2 aromatic rings. The summed E-state index contributed by atoms with van der Waals surface area (Å²) in [5, 5.41) is 11.5. The van der Waals surface area contributed by atoms with Crippen molar-refractivity contribution in [2.75, 3.05) is 38.3 Å². The summed E-state index contributed by atoms with van der Waals surface area (Å²) in [5.41, 5.74) is 1.46. The number of nitro groups is 1. The second-order valence-electron chi connectivity index (χ2n) is 6.32. The van der Waals surface area contributed by atoms with E-state index in [1.165, 1.54) is 19.2 Å². The van der Waals surface area contributed by atoms with Gasteiger partial charge in [-0.2, -0.15) is 0 Å². The van der Waals surface area contributed by atoms with Gasteiger partial charge in [0.25, 0.3) is 5.69 Å². The third kappa shape index (κ3) is 4.88. The Kier molecular flexibility index (Phi) is 6.40. The van der Waals surface area contributed by atoms with Gasteiger partial charge < -0.3 is 19.1 Å². The van der Waals surface area contributed by atoms with Crippen molar-refractivity contribution in [3.05, 3.63) is 69.3 Å². The van der Waals surface area contributed by atoms with Crippen LogP contribution in [-0.2, 0) is 20.8 Å².